The zero-order chi connectivity index (χ0) is 17.4. The second-order valence-electron chi connectivity index (χ2n) is 6.43. The van der Waals surface area contributed by atoms with Crippen molar-refractivity contribution in [2.24, 2.45) is 0 Å². The minimum Gasteiger partial charge on any atom is -0.326 e. The van der Waals surface area contributed by atoms with Gasteiger partial charge < -0.3 is 5.32 Å². The summed E-state index contributed by atoms with van der Waals surface area (Å²) in [5, 5.41) is 4.19. The van der Waals surface area contributed by atoms with Crippen LogP contribution in [0.1, 0.15) is 36.6 Å². The zero-order valence-electron chi connectivity index (χ0n) is 13.6. The summed E-state index contributed by atoms with van der Waals surface area (Å²) in [6.45, 7) is 0. The second kappa shape index (κ2) is 6.84. The van der Waals surface area contributed by atoms with Crippen LogP contribution < -0.4 is 10.9 Å². The number of nitrogens with zero attached hydrogens (tertiary/aromatic N) is 2. The van der Waals surface area contributed by atoms with Gasteiger partial charge in [-0.05, 0) is 43.9 Å². The normalized spacial score (nSPS) is 18.5. The van der Waals surface area contributed by atoms with E-state index in [0.29, 0.717) is 16.5 Å². The Bertz CT molecular complexity index is 896. The first-order chi connectivity index (χ1) is 12.1. The van der Waals surface area contributed by atoms with Crippen molar-refractivity contribution in [3.8, 4) is 0 Å². The van der Waals surface area contributed by atoms with Crippen LogP contribution in [0.3, 0.4) is 0 Å². The number of thioether (sulfide) groups is 1. The Kier molecular flexibility index (Phi) is 4.56. The molecular formula is C18H18ClN3O2S. The van der Waals surface area contributed by atoms with Crippen LogP contribution in [0.25, 0.3) is 0 Å². The quantitative estimate of drug-likeness (QED) is 0.834. The summed E-state index contributed by atoms with van der Waals surface area (Å²) in [4.78, 5) is 29.9. The minimum atomic E-state index is -0.147. The largest absolute Gasteiger partial charge is 0.326 e. The number of amides is 1. The highest BCUT2D eigenvalue weighted by molar-refractivity contribution is 7.99. The molecule has 0 saturated carbocycles. The summed E-state index contributed by atoms with van der Waals surface area (Å²) < 4.78 is 1.73. The molecule has 1 atom stereocenters. The van der Waals surface area contributed by atoms with Gasteiger partial charge in [-0.3, -0.25) is 14.2 Å². The number of hydrogen-bond acceptors (Lipinski definition) is 4. The highest BCUT2D eigenvalue weighted by atomic mass is 35.5. The van der Waals surface area contributed by atoms with Crippen molar-refractivity contribution in [1.82, 2.24) is 9.55 Å². The van der Waals surface area contributed by atoms with Gasteiger partial charge in [-0.1, -0.05) is 29.4 Å². The molecule has 0 unspecified atom stereocenters. The van der Waals surface area contributed by atoms with Crippen molar-refractivity contribution in [1.29, 1.82) is 0 Å². The van der Waals surface area contributed by atoms with Crippen LogP contribution >= 0.6 is 23.4 Å². The summed E-state index contributed by atoms with van der Waals surface area (Å²) in [6.07, 6.45) is 4.08. The highest BCUT2D eigenvalue weighted by Crippen LogP contribution is 2.34. The smallest absolute Gasteiger partial charge is 0.257 e. The van der Waals surface area contributed by atoms with E-state index in [1.54, 1.807) is 40.6 Å². The molecule has 1 aromatic heterocycles. The number of rotatable bonds is 3. The molecule has 4 rings (SSSR count). The maximum absolute atomic E-state index is 12.9. The van der Waals surface area contributed by atoms with Crippen molar-refractivity contribution in [2.75, 3.05) is 11.1 Å². The van der Waals surface area contributed by atoms with Gasteiger partial charge in [-0.2, -0.15) is 0 Å². The third-order valence-electron chi connectivity index (χ3n) is 4.65. The van der Waals surface area contributed by atoms with Gasteiger partial charge in [0.1, 0.15) is 0 Å². The predicted octanol–water partition coefficient (Wildman–Crippen LogP) is 3.45. The molecule has 5 nitrogen and oxygen atoms in total. The lowest BCUT2D eigenvalue weighted by atomic mass is 9.97. The molecule has 1 N–H and O–H groups in total. The summed E-state index contributed by atoms with van der Waals surface area (Å²) in [6, 6.07) is 6.91. The molecule has 0 radical (unpaired) electrons. The minimum absolute atomic E-state index is 0.0465. The van der Waals surface area contributed by atoms with E-state index in [9.17, 15) is 9.59 Å². The average Bonchev–Trinajstić information content (AvgIpc) is 2.98. The van der Waals surface area contributed by atoms with Crippen molar-refractivity contribution >= 4 is 35.0 Å². The summed E-state index contributed by atoms with van der Waals surface area (Å²) >= 11 is 7.51. The van der Waals surface area contributed by atoms with Gasteiger partial charge >= 0.3 is 0 Å². The topological polar surface area (TPSA) is 64.0 Å². The molecule has 1 amide bonds. The van der Waals surface area contributed by atoms with Crippen LogP contribution in [0.5, 0.6) is 0 Å². The van der Waals surface area contributed by atoms with Gasteiger partial charge in [0.15, 0.2) is 5.16 Å². The number of anilines is 1. The fraction of sp³-hybridized carbons (Fsp3) is 0.389. The number of halogens is 1. The third-order valence-corrected chi connectivity index (χ3v) is 5.98. The van der Waals surface area contributed by atoms with Gasteiger partial charge in [0.05, 0.1) is 11.7 Å². The van der Waals surface area contributed by atoms with Crippen LogP contribution in [0.15, 0.2) is 34.2 Å². The molecule has 130 valence electrons. The van der Waals surface area contributed by atoms with E-state index < -0.39 is 0 Å². The third kappa shape index (κ3) is 3.33. The van der Waals surface area contributed by atoms with Gasteiger partial charge in [-0.25, -0.2) is 4.98 Å². The van der Waals surface area contributed by atoms with Crippen molar-refractivity contribution in [3.63, 3.8) is 0 Å². The monoisotopic (exact) mass is 375 g/mol. The first-order valence-electron chi connectivity index (χ1n) is 8.44. The van der Waals surface area contributed by atoms with E-state index >= 15 is 0 Å². The standard InChI is InChI=1S/C18H18ClN3O2S/c19-11-4-3-5-12(8-11)20-16(23)9-13-10-25-18-21-15-7-2-1-6-14(15)17(24)22(13)18/h3-5,8,13H,1-2,6-7,9-10H2,(H,20,23)/t13-/m1/s1. The van der Waals surface area contributed by atoms with Crippen LogP contribution in [0, 0.1) is 0 Å². The van der Waals surface area contributed by atoms with Gasteiger partial charge in [0.25, 0.3) is 5.56 Å². The average molecular weight is 376 g/mol. The van der Waals surface area contributed by atoms with Crippen molar-refractivity contribution < 1.29 is 4.79 Å². The SMILES string of the molecule is O=C(C[C@@H]1CSc2nc3c(c(=O)n21)CCCC3)Nc1cccc(Cl)c1. The van der Waals surface area contributed by atoms with E-state index in [-0.39, 0.29) is 23.9 Å². The van der Waals surface area contributed by atoms with E-state index in [4.69, 9.17) is 11.6 Å². The molecule has 7 heteroatoms. The summed E-state index contributed by atoms with van der Waals surface area (Å²) in [5.74, 6) is 0.582. The molecule has 0 spiro atoms. The van der Waals surface area contributed by atoms with E-state index in [0.717, 1.165) is 42.1 Å². The maximum Gasteiger partial charge on any atom is 0.257 e. The molecule has 0 saturated heterocycles. The van der Waals surface area contributed by atoms with Crippen LogP contribution in [0.2, 0.25) is 5.02 Å². The van der Waals surface area contributed by atoms with Gasteiger partial charge in [-0.15, -0.1) is 0 Å². The zero-order valence-corrected chi connectivity index (χ0v) is 15.2. The predicted molar refractivity (Wildman–Crippen MR) is 99.6 cm³/mol. The molecule has 2 heterocycles. The Labute approximate surface area is 154 Å². The van der Waals surface area contributed by atoms with E-state index in [1.807, 2.05) is 0 Å². The first-order valence-corrected chi connectivity index (χ1v) is 9.80. The Hall–Kier alpha value is -1.79. The number of fused-ring (bicyclic) bond motifs is 2. The number of hydrogen-bond donors (Lipinski definition) is 1. The molecular weight excluding hydrogens is 358 g/mol. The van der Waals surface area contributed by atoms with Gasteiger partial charge in [0, 0.05) is 28.4 Å². The number of aromatic nitrogens is 2. The fourth-order valence-corrected chi connectivity index (χ4v) is 4.80. The lowest BCUT2D eigenvalue weighted by molar-refractivity contribution is -0.116. The van der Waals surface area contributed by atoms with Gasteiger partial charge in [0.2, 0.25) is 5.91 Å². The number of benzene rings is 1. The molecule has 1 aromatic carbocycles. The number of carbonyl (C=O) groups excluding carboxylic acids is 1. The van der Waals surface area contributed by atoms with E-state index in [2.05, 4.69) is 10.3 Å². The Morgan fingerprint density at radius 2 is 2.20 bits per heavy atom. The Morgan fingerprint density at radius 1 is 1.36 bits per heavy atom. The van der Waals surface area contributed by atoms with E-state index in [1.165, 1.54) is 0 Å². The second-order valence-corrected chi connectivity index (χ2v) is 7.85. The molecule has 1 aliphatic heterocycles. The number of carbonyl (C=O) groups is 1. The van der Waals surface area contributed by atoms with Crippen LogP contribution in [-0.4, -0.2) is 21.2 Å². The molecule has 0 bridgehead atoms. The fourth-order valence-electron chi connectivity index (χ4n) is 3.46. The highest BCUT2D eigenvalue weighted by Gasteiger charge is 2.30. The maximum atomic E-state index is 12.9. The first kappa shape index (κ1) is 16.7. The molecule has 25 heavy (non-hydrogen) atoms. The van der Waals surface area contributed by atoms with Crippen molar-refractivity contribution in [2.45, 2.75) is 43.3 Å². The van der Waals surface area contributed by atoms with Crippen molar-refractivity contribution in [3.05, 3.63) is 50.9 Å². The summed E-state index contributed by atoms with van der Waals surface area (Å²) in [7, 11) is 0. The Morgan fingerprint density at radius 3 is 3.04 bits per heavy atom. The molecule has 1 aliphatic carbocycles. The summed E-state index contributed by atoms with van der Waals surface area (Å²) in [5.41, 5.74) is 2.52. The molecule has 0 fully saturated rings. The molecule has 2 aliphatic rings. The number of aryl methyl sites for hydroxylation is 1. The number of nitrogens with one attached hydrogen (secondary N) is 1. The Balaban J connectivity index is 1.54. The molecule has 2 aromatic rings. The lowest BCUT2D eigenvalue weighted by Gasteiger charge is -2.18. The van der Waals surface area contributed by atoms with Crippen LogP contribution in [0.4, 0.5) is 5.69 Å². The van der Waals surface area contributed by atoms with Crippen LogP contribution in [-0.2, 0) is 17.6 Å². The lowest BCUT2D eigenvalue weighted by Crippen LogP contribution is -2.32.